The summed E-state index contributed by atoms with van der Waals surface area (Å²) in [6.45, 7) is 1.98. The largest absolute Gasteiger partial charge is 0.394 e. The average molecular weight is 431 g/mol. The molecular weight excluding hydrogens is 408 g/mol. The third kappa shape index (κ3) is 2.67. The maximum atomic E-state index is 12.6. The first-order chi connectivity index (χ1) is 14.1. The Morgan fingerprint density at radius 1 is 1.21 bits per heavy atom. The Labute approximate surface area is 177 Å². The molecule has 2 aromatic rings. The molecule has 0 spiro atoms. The number of aliphatic hydroxyl groups is 1. The van der Waals surface area contributed by atoms with Crippen molar-refractivity contribution in [2.75, 3.05) is 35.4 Å². The van der Waals surface area contributed by atoms with Crippen LogP contribution in [0.15, 0.2) is 35.4 Å². The molecule has 3 atom stereocenters. The fourth-order valence-electron chi connectivity index (χ4n) is 5.44. The van der Waals surface area contributed by atoms with E-state index in [-0.39, 0.29) is 12.1 Å². The summed E-state index contributed by atoms with van der Waals surface area (Å²) in [5, 5.41) is 10.8. The highest BCUT2D eigenvalue weighted by Gasteiger charge is 2.57. The molecule has 29 heavy (non-hydrogen) atoms. The van der Waals surface area contributed by atoms with Crippen molar-refractivity contribution in [3.8, 4) is 0 Å². The van der Waals surface area contributed by atoms with Crippen LogP contribution < -0.4 is 9.80 Å². The van der Waals surface area contributed by atoms with Gasteiger partial charge < -0.3 is 14.9 Å². The van der Waals surface area contributed by atoms with E-state index < -0.39 is 10.8 Å². The van der Waals surface area contributed by atoms with E-state index in [2.05, 4.69) is 26.9 Å². The lowest BCUT2D eigenvalue weighted by Gasteiger charge is -2.47. The molecular formula is C21H23ClN4O2S. The molecule has 0 bridgehead atoms. The van der Waals surface area contributed by atoms with Gasteiger partial charge in [0, 0.05) is 18.1 Å². The number of rotatable bonds is 4. The van der Waals surface area contributed by atoms with E-state index in [0.29, 0.717) is 28.5 Å². The molecule has 0 amide bonds. The number of aliphatic hydroxyl groups excluding tert-OH is 1. The molecule has 1 saturated heterocycles. The van der Waals surface area contributed by atoms with Crippen LogP contribution in [0.5, 0.6) is 0 Å². The number of piperidine rings is 1. The van der Waals surface area contributed by atoms with Gasteiger partial charge in [-0.2, -0.15) is 4.98 Å². The highest BCUT2D eigenvalue weighted by Crippen LogP contribution is 2.58. The van der Waals surface area contributed by atoms with Crippen LogP contribution in [0.3, 0.4) is 0 Å². The van der Waals surface area contributed by atoms with Crippen molar-refractivity contribution >= 4 is 34.2 Å². The molecule has 6 nitrogen and oxygen atoms in total. The minimum Gasteiger partial charge on any atom is -0.394 e. The Bertz CT molecular complexity index is 979. The van der Waals surface area contributed by atoms with Crippen molar-refractivity contribution in [1.82, 2.24) is 9.97 Å². The summed E-state index contributed by atoms with van der Waals surface area (Å²) in [6, 6.07) is 8.22. The first kappa shape index (κ1) is 18.1. The standard InChI is InChI=1S/C21H23ClN4O2S/c22-14-4-2-13(3-5-14)18-15-9-25(10-16(15)18)20-23-8-17-19(24-20)26(12-29(17)28)21(11-27)6-1-7-21/h2-5,8,15-16,18,27H,1,6-7,9-12H2. The Balaban J connectivity index is 1.23. The minimum atomic E-state index is -1.12. The van der Waals surface area contributed by atoms with Crippen LogP contribution in [-0.4, -0.2) is 50.4 Å². The highest BCUT2D eigenvalue weighted by atomic mass is 35.5. The molecule has 0 radical (unpaired) electrons. The van der Waals surface area contributed by atoms with Crippen LogP contribution in [0.4, 0.5) is 11.8 Å². The van der Waals surface area contributed by atoms with Gasteiger partial charge in [-0.1, -0.05) is 23.7 Å². The fourth-order valence-corrected chi connectivity index (χ4v) is 6.86. The molecule has 2 saturated carbocycles. The summed E-state index contributed by atoms with van der Waals surface area (Å²) in [5.41, 5.74) is 1.08. The van der Waals surface area contributed by atoms with Crippen LogP contribution in [-0.2, 0) is 10.8 Å². The normalized spacial score (nSPS) is 31.4. The van der Waals surface area contributed by atoms with Gasteiger partial charge in [0.05, 0.1) is 29.1 Å². The lowest BCUT2D eigenvalue weighted by molar-refractivity contribution is 0.119. The van der Waals surface area contributed by atoms with E-state index in [1.165, 1.54) is 5.56 Å². The molecule has 1 aromatic heterocycles. The summed E-state index contributed by atoms with van der Waals surface area (Å²) in [6.07, 6.45) is 4.68. The molecule has 4 aliphatic rings. The molecule has 3 heterocycles. The molecule has 6 rings (SSSR count). The molecule has 1 aromatic carbocycles. The summed E-state index contributed by atoms with van der Waals surface area (Å²) in [4.78, 5) is 14.4. The van der Waals surface area contributed by atoms with Crippen molar-refractivity contribution in [3.05, 3.63) is 41.0 Å². The topological polar surface area (TPSA) is 69.6 Å². The number of nitrogens with zero attached hydrogens (tertiary/aromatic N) is 4. The van der Waals surface area contributed by atoms with E-state index in [1.54, 1.807) is 6.20 Å². The smallest absolute Gasteiger partial charge is 0.227 e. The summed E-state index contributed by atoms with van der Waals surface area (Å²) < 4.78 is 12.6. The van der Waals surface area contributed by atoms with Crippen LogP contribution in [0.25, 0.3) is 0 Å². The molecule has 8 heteroatoms. The van der Waals surface area contributed by atoms with Gasteiger partial charge >= 0.3 is 0 Å². The van der Waals surface area contributed by atoms with E-state index in [4.69, 9.17) is 16.6 Å². The molecule has 152 valence electrons. The number of halogens is 1. The van der Waals surface area contributed by atoms with E-state index in [1.807, 2.05) is 12.1 Å². The predicted molar refractivity (Wildman–Crippen MR) is 113 cm³/mol. The molecule has 3 fully saturated rings. The van der Waals surface area contributed by atoms with Gasteiger partial charge in [0.25, 0.3) is 0 Å². The van der Waals surface area contributed by atoms with Crippen LogP contribution >= 0.6 is 11.6 Å². The molecule has 1 N–H and O–H groups in total. The zero-order valence-electron chi connectivity index (χ0n) is 16.0. The zero-order chi connectivity index (χ0) is 19.8. The first-order valence-electron chi connectivity index (χ1n) is 10.2. The average Bonchev–Trinajstić information content (AvgIpc) is 3.04. The summed E-state index contributed by atoms with van der Waals surface area (Å²) in [5.74, 6) is 3.77. The fraction of sp³-hybridized carbons (Fsp3) is 0.524. The van der Waals surface area contributed by atoms with Crippen molar-refractivity contribution in [1.29, 1.82) is 0 Å². The zero-order valence-corrected chi connectivity index (χ0v) is 17.6. The Morgan fingerprint density at radius 2 is 1.93 bits per heavy atom. The van der Waals surface area contributed by atoms with Gasteiger partial charge in [0.15, 0.2) is 5.82 Å². The third-order valence-corrected chi connectivity index (χ3v) is 8.88. The molecule has 3 unspecified atom stereocenters. The minimum absolute atomic E-state index is 0.0829. The Kier molecular flexibility index (Phi) is 3.99. The number of hydrogen-bond acceptors (Lipinski definition) is 6. The van der Waals surface area contributed by atoms with E-state index >= 15 is 0 Å². The lowest BCUT2D eigenvalue weighted by Crippen LogP contribution is -2.56. The second-order valence-corrected chi connectivity index (χ2v) is 10.6. The predicted octanol–water partition coefficient (Wildman–Crippen LogP) is 2.78. The van der Waals surface area contributed by atoms with Crippen molar-refractivity contribution < 1.29 is 9.32 Å². The molecule has 2 aliphatic carbocycles. The molecule has 2 aliphatic heterocycles. The van der Waals surface area contributed by atoms with Gasteiger partial charge in [-0.05, 0) is 54.7 Å². The van der Waals surface area contributed by atoms with Crippen LogP contribution in [0, 0.1) is 11.8 Å². The van der Waals surface area contributed by atoms with Crippen LogP contribution in [0.1, 0.15) is 30.7 Å². The Morgan fingerprint density at radius 3 is 2.55 bits per heavy atom. The van der Waals surface area contributed by atoms with Gasteiger partial charge in [-0.3, -0.25) is 4.21 Å². The summed E-state index contributed by atoms with van der Waals surface area (Å²) >= 11 is 6.02. The second-order valence-electron chi connectivity index (χ2n) is 8.81. The number of hydrogen-bond donors (Lipinski definition) is 1. The SMILES string of the molecule is O=S1CN(C2(CO)CCC2)c2nc(N3CC4C(C3)C4c3ccc(Cl)cc3)ncc21. The van der Waals surface area contributed by atoms with Crippen molar-refractivity contribution in [2.45, 2.75) is 35.6 Å². The van der Waals surface area contributed by atoms with E-state index in [9.17, 15) is 9.32 Å². The lowest BCUT2D eigenvalue weighted by atomic mass is 9.76. The number of benzene rings is 1. The summed E-state index contributed by atoms with van der Waals surface area (Å²) in [7, 11) is -1.12. The Hall–Kier alpha value is -1.70. The van der Waals surface area contributed by atoms with Crippen molar-refractivity contribution in [3.63, 3.8) is 0 Å². The third-order valence-electron chi connectivity index (χ3n) is 7.35. The maximum absolute atomic E-state index is 12.6. The number of aromatic nitrogens is 2. The van der Waals surface area contributed by atoms with Crippen LogP contribution in [0.2, 0.25) is 5.02 Å². The first-order valence-corrected chi connectivity index (χ1v) is 11.9. The highest BCUT2D eigenvalue weighted by molar-refractivity contribution is 7.85. The van der Waals surface area contributed by atoms with Gasteiger partial charge in [-0.15, -0.1) is 0 Å². The van der Waals surface area contributed by atoms with E-state index in [0.717, 1.165) is 49.1 Å². The number of fused-ring (bicyclic) bond motifs is 2. The number of anilines is 2. The van der Waals surface area contributed by atoms with Crippen molar-refractivity contribution in [2.24, 2.45) is 11.8 Å². The quantitative estimate of drug-likeness (QED) is 0.804. The van der Waals surface area contributed by atoms with Gasteiger partial charge in [-0.25, -0.2) is 4.98 Å². The van der Waals surface area contributed by atoms with Gasteiger partial charge in [0.1, 0.15) is 10.8 Å². The monoisotopic (exact) mass is 430 g/mol. The van der Waals surface area contributed by atoms with Gasteiger partial charge in [0.2, 0.25) is 5.95 Å². The second kappa shape index (κ2) is 6.40. The maximum Gasteiger partial charge on any atom is 0.227 e.